The van der Waals surface area contributed by atoms with E-state index in [0.29, 0.717) is 31.0 Å². The number of hydrogen-bond donors (Lipinski definition) is 1. The Morgan fingerprint density at radius 3 is 3.05 bits per heavy atom. The van der Waals surface area contributed by atoms with Crippen LogP contribution in [0.25, 0.3) is 0 Å². The highest BCUT2D eigenvalue weighted by molar-refractivity contribution is 5.96. The maximum atomic E-state index is 12.4. The van der Waals surface area contributed by atoms with Gasteiger partial charge in [-0.15, -0.1) is 0 Å². The Morgan fingerprint density at radius 2 is 2.35 bits per heavy atom. The van der Waals surface area contributed by atoms with Gasteiger partial charge in [-0.1, -0.05) is 0 Å². The van der Waals surface area contributed by atoms with Crippen LogP contribution in [-0.4, -0.2) is 48.9 Å². The van der Waals surface area contributed by atoms with Crippen molar-refractivity contribution >= 4 is 11.8 Å². The van der Waals surface area contributed by atoms with Crippen LogP contribution in [-0.2, 0) is 4.79 Å². The first kappa shape index (κ1) is 14.3. The topological polar surface area (TPSA) is 71.5 Å². The molecule has 0 unspecified atom stereocenters. The summed E-state index contributed by atoms with van der Waals surface area (Å²) >= 11 is 0. The van der Waals surface area contributed by atoms with E-state index in [1.807, 2.05) is 0 Å². The third-order valence-electron chi connectivity index (χ3n) is 3.52. The first-order valence-electron chi connectivity index (χ1n) is 6.64. The molecule has 0 aliphatic carbocycles. The fraction of sp³-hybridized carbons (Fsp3) is 0.500. The zero-order valence-corrected chi connectivity index (χ0v) is 11.8. The lowest BCUT2D eigenvalue weighted by atomic mass is 10.0. The van der Waals surface area contributed by atoms with Gasteiger partial charge in [0.15, 0.2) is 0 Å². The van der Waals surface area contributed by atoms with E-state index in [9.17, 15) is 9.59 Å². The van der Waals surface area contributed by atoms with Crippen LogP contribution in [0.4, 0.5) is 0 Å². The summed E-state index contributed by atoms with van der Waals surface area (Å²) in [7, 11) is 3.12. The number of rotatable bonds is 4. The summed E-state index contributed by atoms with van der Waals surface area (Å²) in [6, 6.07) is 3.42. The van der Waals surface area contributed by atoms with Crippen molar-refractivity contribution in [2.75, 3.05) is 27.2 Å². The van der Waals surface area contributed by atoms with Crippen molar-refractivity contribution in [2.45, 2.75) is 12.8 Å². The Morgan fingerprint density at radius 1 is 1.55 bits per heavy atom. The van der Waals surface area contributed by atoms with Crippen LogP contribution in [0.3, 0.4) is 0 Å². The van der Waals surface area contributed by atoms with E-state index in [1.165, 1.54) is 7.11 Å². The summed E-state index contributed by atoms with van der Waals surface area (Å²) in [6.45, 7) is 1.27. The number of nitrogens with one attached hydrogen (secondary N) is 1. The van der Waals surface area contributed by atoms with E-state index < -0.39 is 0 Å². The molecule has 0 spiro atoms. The standard InChI is InChI=1S/C14H19N3O3/c1-15-12(18)8-10-5-7-17(9-10)14(19)11-4-3-6-16-13(11)20-2/h3-4,6,10H,5,7-9H2,1-2H3,(H,15,18)/t10-/m1/s1. The molecule has 0 aromatic carbocycles. The maximum Gasteiger partial charge on any atom is 0.259 e. The van der Waals surface area contributed by atoms with Crippen molar-refractivity contribution in [2.24, 2.45) is 5.92 Å². The normalized spacial score (nSPS) is 17.9. The average Bonchev–Trinajstić information content (AvgIpc) is 2.94. The molecule has 6 heteroatoms. The molecule has 1 aromatic rings. The van der Waals surface area contributed by atoms with Gasteiger partial charge in [-0.05, 0) is 24.5 Å². The maximum absolute atomic E-state index is 12.4. The van der Waals surface area contributed by atoms with Gasteiger partial charge in [0.1, 0.15) is 5.56 Å². The van der Waals surface area contributed by atoms with Crippen LogP contribution >= 0.6 is 0 Å². The molecule has 108 valence electrons. The molecule has 2 heterocycles. The zero-order chi connectivity index (χ0) is 14.5. The number of pyridine rings is 1. The number of aromatic nitrogens is 1. The van der Waals surface area contributed by atoms with Crippen molar-refractivity contribution < 1.29 is 14.3 Å². The highest BCUT2D eigenvalue weighted by Gasteiger charge is 2.29. The van der Waals surface area contributed by atoms with Gasteiger partial charge < -0.3 is 15.0 Å². The second kappa shape index (κ2) is 6.36. The van der Waals surface area contributed by atoms with Gasteiger partial charge in [-0.25, -0.2) is 4.98 Å². The first-order valence-corrected chi connectivity index (χ1v) is 6.64. The number of ether oxygens (including phenoxy) is 1. The number of methoxy groups -OCH3 is 1. The van der Waals surface area contributed by atoms with Crippen LogP contribution in [0, 0.1) is 5.92 Å². The molecular formula is C14H19N3O3. The number of likely N-dealkylation sites (tertiary alicyclic amines) is 1. The van der Waals surface area contributed by atoms with E-state index in [2.05, 4.69) is 10.3 Å². The summed E-state index contributed by atoms with van der Waals surface area (Å²) in [5.74, 6) is 0.492. The lowest BCUT2D eigenvalue weighted by Crippen LogP contribution is -2.30. The Hall–Kier alpha value is -2.11. The minimum atomic E-state index is -0.0886. The molecule has 6 nitrogen and oxygen atoms in total. The predicted molar refractivity (Wildman–Crippen MR) is 73.5 cm³/mol. The summed E-state index contributed by atoms with van der Waals surface area (Å²) in [4.78, 5) is 29.6. The largest absolute Gasteiger partial charge is 0.480 e. The Kier molecular flexibility index (Phi) is 4.55. The Balaban J connectivity index is 2.02. The van der Waals surface area contributed by atoms with Crippen molar-refractivity contribution in [3.05, 3.63) is 23.9 Å². The van der Waals surface area contributed by atoms with Gasteiger partial charge in [0, 0.05) is 32.8 Å². The lowest BCUT2D eigenvalue weighted by molar-refractivity contribution is -0.121. The Bertz CT molecular complexity index is 504. The molecule has 1 saturated heterocycles. The predicted octanol–water partition coefficient (Wildman–Crippen LogP) is 0.688. The summed E-state index contributed by atoms with van der Waals surface area (Å²) < 4.78 is 5.11. The first-order chi connectivity index (χ1) is 9.65. The summed E-state index contributed by atoms with van der Waals surface area (Å²) in [5, 5.41) is 2.61. The van der Waals surface area contributed by atoms with E-state index in [1.54, 1.807) is 30.3 Å². The number of carbonyl (C=O) groups is 2. The zero-order valence-electron chi connectivity index (χ0n) is 11.8. The van der Waals surface area contributed by atoms with Crippen molar-refractivity contribution in [1.82, 2.24) is 15.2 Å². The molecular weight excluding hydrogens is 258 g/mol. The van der Waals surface area contributed by atoms with E-state index in [4.69, 9.17) is 4.74 Å². The van der Waals surface area contributed by atoms with Crippen LogP contribution < -0.4 is 10.1 Å². The third-order valence-corrected chi connectivity index (χ3v) is 3.52. The van der Waals surface area contributed by atoms with Crippen LogP contribution in [0.15, 0.2) is 18.3 Å². The highest BCUT2D eigenvalue weighted by Crippen LogP contribution is 2.24. The van der Waals surface area contributed by atoms with Crippen LogP contribution in [0.1, 0.15) is 23.2 Å². The Labute approximate surface area is 118 Å². The average molecular weight is 277 g/mol. The van der Waals surface area contributed by atoms with Gasteiger partial charge in [-0.3, -0.25) is 9.59 Å². The number of hydrogen-bond acceptors (Lipinski definition) is 4. The summed E-state index contributed by atoms with van der Waals surface area (Å²) in [5.41, 5.74) is 0.468. The molecule has 1 N–H and O–H groups in total. The molecule has 1 aromatic heterocycles. The third kappa shape index (κ3) is 3.07. The highest BCUT2D eigenvalue weighted by atomic mass is 16.5. The summed E-state index contributed by atoms with van der Waals surface area (Å²) in [6.07, 6.45) is 2.90. The molecule has 0 saturated carbocycles. The number of carbonyl (C=O) groups excluding carboxylic acids is 2. The molecule has 1 aliphatic heterocycles. The fourth-order valence-corrected chi connectivity index (χ4v) is 2.43. The van der Waals surface area contributed by atoms with Crippen molar-refractivity contribution in [3.8, 4) is 5.88 Å². The van der Waals surface area contributed by atoms with Gasteiger partial charge >= 0.3 is 0 Å². The molecule has 20 heavy (non-hydrogen) atoms. The van der Waals surface area contributed by atoms with Gasteiger partial charge in [-0.2, -0.15) is 0 Å². The van der Waals surface area contributed by atoms with E-state index in [-0.39, 0.29) is 17.7 Å². The number of amides is 2. The molecule has 0 radical (unpaired) electrons. The lowest BCUT2D eigenvalue weighted by Gasteiger charge is -2.17. The molecule has 1 atom stereocenters. The minimum absolute atomic E-state index is 0.0169. The van der Waals surface area contributed by atoms with Gasteiger partial charge in [0.25, 0.3) is 5.91 Å². The van der Waals surface area contributed by atoms with Crippen molar-refractivity contribution in [3.63, 3.8) is 0 Å². The number of nitrogens with zero attached hydrogens (tertiary/aromatic N) is 2. The molecule has 2 amide bonds. The van der Waals surface area contributed by atoms with E-state index >= 15 is 0 Å². The van der Waals surface area contributed by atoms with Crippen LogP contribution in [0.2, 0.25) is 0 Å². The van der Waals surface area contributed by atoms with Crippen LogP contribution in [0.5, 0.6) is 5.88 Å². The van der Waals surface area contributed by atoms with Crippen molar-refractivity contribution in [1.29, 1.82) is 0 Å². The van der Waals surface area contributed by atoms with Gasteiger partial charge in [0.05, 0.1) is 7.11 Å². The molecule has 1 fully saturated rings. The molecule has 0 bridgehead atoms. The fourth-order valence-electron chi connectivity index (χ4n) is 2.43. The molecule has 2 rings (SSSR count). The quantitative estimate of drug-likeness (QED) is 0.879. The molecule has 1 aliphatic rings. The second-order valence-electron chi connectivity index (χ2n) is 4.84. The smallest absolute Gasteiger partial charge is 0.259 e. The van der Waals surface area contributed by atoms with Gasteiger partial charge in [0.2, 0.25) is 11.8 Å². The minimum Gasteiger partial charge on any atom is -0.480 e. The van der Waals surface area contributed by atoms with E-state index in [0.717, 1.165) is 6.42 Å². The second-order valence-corrected chi connectivity index (χ2v) is 4.84. The monoisotopic (exact) mass is 277 g/mol. The SMILES string of the molecule is CNC(=O)C[C@H]1CCN(C(=O)c2cccnc2OC)C1.